The van der Waals surface area contributed by atoms with Gasteiger partial charge in [-0.2, -0.15) is 0 Å². The van der Waals surface area contributed by atoms with Crippen LogP contribution in [-0.4, -0.2) is 18.9 Å². The molecule has 0 fully saturated rings. The molecule has 7 heteroatoms. The maximum Gasteiger partial charge on any atom is 0.345 e. The lowest BCUT2D eigenvalue weighted by Gasteiger charge is -2.40. The van der Waals surface area contributed by atoms with Gasteiger partial charge in [-0.05, 0) is 70.1 Å². The highest BCUT2D eigenvalue weighted by molar-refractivity contribution is 6.36. The summed E-state index contributed by atoms with van der Waals surface area (Å²) >= 11 is 12.2. The molecule has 0 saturated heterocycles. The molecule has 2 aliphatic rings. The number of benzene rings is 4. The summed E-state index contributed by atoms with van der Waals surface area (Å²) in [5.74, 6) is 0.121. The molecule has 40 heavy (non-hydrogen) atoms. The van der Waals surface area contributed by atoms with Gasteiger partial charge in [0.15, 0.2) is 17.3 Å². The van der Waals surface area contributed by atoms with Crippen LogP contribution in [0.25, 0.3) is 16.3 Å². The van der Waals surface area contributed by atoms with Crippen LogP contribution in [0.5, 0.6) is 11.5 Å². The van der Waals surface area contributed by atoms with Gasteiger partial charge in [0, 0.05) is 28.3 Å². The number of nitrogens with one attached hydrogen (secondary N) is 1. The van der Waals surface area contributed by atoms with E-state index in [1.165, 1.54) is 19.2 Å². The van der Waals surface area contributed by atoms with E-state index in [2.05, 4.69) is 43.4 Å². The Morgan fingerprint density at radius 2 is 1.75 bits per heavy atom. The van der Waals surface area contributed by atoms with E-state index < -0.39 is 5.97 Å². The summed E-state index contributed by atoms with van der Waals surface area (Å²) in [5, 5.41) is 6.53. The number of Topliss-reactive ketones (excluding diaryl/α,β-unsaturated/α-hetero) is 1. The second-order valence-electron chi connectivity index (χ2n) is 11.0. The Hall–Kier alpha value is -3.80. The average Bonchev–Trinajstić information content (AvgIpc) is 2.91. The Bertz CT molecular complexity index is 1740. The van der Waals surface area contributed by atoms with Crippen LogP contribution in [-0.2, 0) is 4.79 Å². The number of carbonyl (C=O) groups excluding carboxylic acids is 2. The molecular weight excluding hydrogens is 545 g/mol. The number of esters is 1. The van der Waals surface area contributed by atoms with Gasteiger partial charge in [0.1, 0.15) is 0 Å². The monoisotopic (exact) mass is 571 g/mol. The number of hydrogen-bond donors (Lipinski definition) is 1. The third-order valence-corrected chi connectivity index (χ3v) is 8.16. The molecule has 6 rings (SSSR count). The number of halogens is 2. The van der Waals surface area contributed by atoms with E-state index >= 15 is 0 Å². The van der Waals surface area contributed by atoms with Crippen molar-refractivity contribution in [3.05, 3.63) is 105 Å². The number of ether oxygens (including phenoxy) is 2. The van der Waals surface area contributed by atoms with Gasteiger partial charge in [0.05, 0.1) is 23.7 Å². The summed E-state index contributed by atoms with van der Waals surface area (Å²) in [4.78, 5) is 26.6. The highest BCUT2D eigenvalue weighted by atomic mass is 35.5. The summed E-state index contributed by atoms with van der Waals surface area (Å²) in [5.41, 5.74) is 4.83. The van der Waals surface area contributed by atoms with Crippen LogP contribution in [0.1, 0.15) is 54.2 Å². The fourth-order valence-electron chi connectivity index (χ4n) is 5.85. The maximum absolute atomic E-state index is 13.7. The van der Waals surface area contributed by atoms with Crippen molar-refractivity contribution >= 4 is 57.0 Å². The molecule has 4 aromatic rings. The van der Waals surface area contributed by atoms with Crippen molar-refractivity contribution in [1.82, 2.24) is 0 Å². The summed E-state index contributed by atoms with van der Waals surface area (Å²) in [6.07, 6.45) is 1.26. The van der Waals surface area contributed by atoms with E-state index in [4.69, 9.17) is 32.7 Å². The number of anilines is 1. The fourth-order valence-corrected chi connectivity index (χ4v) is 6.33. The molecular formula is C33H27Cl2NO4. The van der Waals surface area contributed by atoms with Gasteiger partial charge < -0.3 is 14.8 Å². The maximum atomic E-state index is 13.7. The van der Waals surface area contributed by atoms with Gasteiger partial charge in [-0.1, -0.05) is 73.4 Å². The quantitative estimate of drug-likeness (QED) is 0.196. The van der Waals surface area contributed by atoms with Crippen LogP contribution in [0.2, 0.25) is 10.0 Å². The first-order chi connectivity index (χ1) is 19.1. The lowest BCUT2D eigenvalue weighted by atomic mass is 9.68. The van der Waals surface area contributed by atoms with Gasteiger partial charge in [0.2, 0.25) is 0 Å². The third-order valence-electron chi connectivity index (χ3n) is 7.61. The predicted octanol–water partition coefficient (Wildman–Crippen LogP) is 8.68. The molecule has 0 spiro atoms. The molecule has 202 valence electrons. The second-order valence-corrected chi connectivity index (χ2v) is 11.9. The van der Waals surface area contributed by atoms with Crippen LogP contribution >= 0.6 is 23.2 Å². The largest absolute Gasteiger partial charge is 0.493 e. The summed E-state index contributed by atoms with van der Waals surface area (Å²) < 4.78 is 11.3. The number of hydrogen-bond acceptors (Lipinski definition) is 5. The molecule has 0 bridgehead atoms. The number of allylic oxidation sites excluding steroid dienone is 1. The van der Waals surface area contributed by atoms with Gasteiger partial charge in [-0.15, -0.1) is 0 Å². The van der Waals surface area contributed by atoms with E-state index in [-0.39, 0.29) is 33.6 Å². The predicted molar refractivity (Wildman–Crippen MR) is 160 cm³/mol. The van der Waals surface area contributed by atoms with Crippen LogP contribution < -0.4 is 14.8 Å². The number of ketones is 1. The zero-order valence-corrected chi connectivity index (χ0v) is 23.8. The fraction of sp³-hybridized carbons (Fsp3) is 0.212. The van der Waals surface area contributed by atoms with E-state index in [0.717, 1.165) is 45.2 Å². The van der Waals surface area contributed by atoms with Gasteiger partial charge in [0.25, 0.3) is 0 Å². The molecule has 1 unspecified atom stereocenters. The van der Waals surface area contributed by atoms with E-state index in [1.54, 1.807) is 12.1 Å². The van der Waals surface area contributed by atoms with Crippen LogP contribution in [0.4, 0.5) is 5.69 Å². The lowest BCUT2D eigenvalue weighted by molar-refractivity contribution is -0.118. The highest BCUT2D eigenvalue weighted by Gasteiger charge is 2.41. The molecule has 5 nitrogen and oxygen atoms in total. The molecule has 4 aromatic carbocycles. The Balaban J connectivity index is 1.42. The molecule has 1 atom stereocenters. The zero-order valence-electron chi connectivity index (χ0n) is 22.3. The van der Waals surface area contributed by atoms with E-state index in [1.807, 2.05) is 24.3 Å². The smallest absolute Gasteiger partial charge is 0.345 e. The Kier molecular flexibility index (Phi) is 6.60. The molecule has 0 amide bonds. The van der Waals surface area contributed by atoms with Crippen molar-refractivity contribution in [2.75, 3.05) is 12.4 Å². The van der Waals surface area contributed by atoms with Crippen molar-refractivity contribution in [3.8, 4) is 11.5 Å². The number of rotatable bonds is 4. The van der Waals surface area contributed by atoms with Crippen molar-refractivity contribution < 1.29 is 19.1 Å². The van der Waals surface area contributed by atoms with Gasteiger partial charge in [-0.25, -0.2) is 4.79 Å². The number of fused-ring (bicyclic) bond motifs is 4. The molecule has 1 heterocycles. The summed E-state index contributed by atoms with van der Waals surface area (Å²) in [6.45, 7) is 4.30. The van der Waals surface area contributed by atoms with E-state index in [9.17, 15) is 9.59 Å². The summed E-state index contributed by atoms with van der Waals surface area (Å²) in [6, 6.07) is 22.0. The van der Waals surface area contributed by atoms with Crippen molar-refractivity contribution in [1.29, 1.82) is 0 Å². The summed E-state index contributed by atoms with van der Waals surface area (Å²) in [7, 11) is 1.51. The zero-order chi connectivity index (χ0) is 28.2. The molecule has 0 radical (unpaired) electrons. The Morgan fingerprint density at radius 3 is 2.52 bits per heavy atom. The third kappa shape index (κ3) is 4.63. The van der Waals surface area contributed by atoms with Gasteiger partial charge >= 0.3 is 5.97 Å². The highest BCUT2D eigenvalue weighted by Crippen LogP contribution is 2.52. The Labute approximate surface area is 242 Å². The van der Waals surface area contributed by atoms with Gasteiger partial charge in [-0.3, -0.25) is 4.79 Å². The normalized spacial score (nSPS) is 17.6. The number of methoxy groups -OCH3 is 1. The van der Waals surface area contributed by atoms with Crippen LogP contribution in [0.15, 0.2) is 78.4 Å². The Morgan fingerprint density at radius 1 is 0.950 bits per heavy atom. The first-order valence-corrected chi connectivity index (χ1v) is 13.8. The van der Waals surface area contributed by atoms with Crippen LogP contribution in [0, 0.1) is 5.41 Å². The molecule has 0 aromatic heterocycles. The van der Waals surface area contributed by atoms with Crippen LogP contribution in [0.3, 0.4) is 0 Å². The SMILES string of the molecule is COc1cc(C2Nc3ccc4ccccc4c3C3=C2C(=O)CC(C)(C)C3)ccc1OC(=O)c1ccc(Cl)cc1Cl. The standard InChI is InChI=1S/C33H27Cl2NO4/c1-33(2)16-23-29-21-7-5-4-6-18(21)8-12-25(29)36-31(30(23)26(37)17-33)19-9-13-27(28(14-19)39-3)40-32(38)22-11-10-20(34)15-24(22)35/h4-15,31,36H,16-17H2,1-3H3. The number of carbonyl (C=O) groups is 2. The van der Waals surface area contributed by atoms with Crippen molar-refractivity contribution in [2.24, 2.45) is 5.41 Å². The first-order valence-electron chi connectivity index (χ1n) is 13.1. The molecule has 1 aliphatic heterocycles. The molecule has 1 N–H and O–H groups in total. The minimum Gasteiger partial charge on any atom is -0.493 e. The second kappa shape index (κ2) is 9.99. The molecule has 1 aliphatic carbocycles. The lowest BCUT2D eigenvalue weighted by Crippen LogP contribution is -2.33. The van der Waals surface area contributed by atoms with Crippen molar-refractivity contribution in [3.63, 3.8) is 0 Å². The minimum absolute atomic E-state index is 0.134. The van der Waals surface area contributed by atoms with E-state index in [0.29, 0.717) is 17.2 Å². The molecule has 0 saturated carbocycles. The average molecular weight is 572 g/mol. The topological polar surface area (TPSA) is 64.6 Å². The van der Waals surface area contributed by atoms with Crippen molar-refractivity contribution in [2.45, 2.75) is 32.7 Å². The minimum atomic E-state index is -0.626. The first kappa shape index (κ1) is 26.4.